The number of phenols is 1. The van der Waals surface area contributed by atoms with Crippen molar-refractivity contribution < 1.29 is 9.32 Å². The fourth-order valence-electron chi connectivity index (χ4n) is 1.68. The van der Waals surface area contributed by atoms with E-state index in [-0.39, 0.29) is 5.25 Å². The number of aryl methyl sites for hydroxylation is 2. The number of hydrogen-bond donors (Lipinski definition) is 2. The molecule has 1 aromatic rings. The molecule has 2 N–H and O–H groups in total. The Bertz CT molecular complexity index is 395. The summed E-state index contributed by atoms with van der Waals surface area (Å²) in [5, 5.41) is 13.1. The van der Waals surface area contributed by atoms with Gasteiger partial charge in [0.1, 0.15) is 5.75 Å². The van der Waals surface area contributed by atoms with Crippen LogP contribution in [0.1, 0.15) is 23.6 Å². The molecule has 0 amide bonds. The Morgan fingerprint density at radius 3 is 2.35 bits per heavy atom. The highest BCUT2D eigenvalue weighted by Gasteiger charge is 2.06. The second kappa shape index (κ2) is 6.17. The Hall–Kier alpha value is -0.870. The largest absolute Gasteiger partial charge is 0.507 e. The van der Waals surface area contributed by atoms with Crippen molar-refractivity contribution in [2.45, 2.75) is 32.6 Å². The Balaban J connectivity index is 2.56. The van der Waals surface area contributed by atoms with Gasteiger partial charge in [-0.15, -0.1) is 0 Å². The minimum Gasteiger partial charge on any atom is -0.507 e. The van der Waals surface area contributed by atoms with Crippen molar-refractivity contribution in [2.24, 2.45) is 0 Å². The molecule has 3 nitrogen and oxygen atoms in total. The number of phenolic OH excluding ortho intramolecular Hbond substituents is 1. The first-order chi connectivity index (χ1) is 7.91. The average molecular weight is 255 g/mol. The highest BCUT2D eigenvalue weighted by molar-refractivity contribution is 7.84. The summed E-state index contributed by atoms with van der Waals surface area (Å²) in [6.07, 6.45) is 1.72. The lowest BCUT2D eigenvalue weighted by Gasteiger charge is -2.11. The van der Waals surface area contributed by atoms with Crippen molar-refractivity contribution >= 4 is 10.8 Å². The van der Waals surface area contributed by atoms with Gasteiger partial charge in [0.25, 0.3) is 0 Å². The Morgan fingerprint density at radius 1 is 1.35 bits per heavy atom. The van der Waals surface area contributed by atoms with Crippen LogP contribution in [0.4, 0.5) is 0 Å². The molecule has 0 aliphatic rings. The smallest absolute Gasteiger partial charge is 0.121 e. The quantitative estimate of drug-likeness (QED) is 0.844. The first kappa shape index (κ1) is 14.2. The van der Waals surface area contributed by atoms with E-state index in [0.717, 1.165) is 29.8 Å². The molecule has 2 unspecified atom stereocenters. The average Bonchev–Trinajstić information content (AvgIpc) is 2.25. The molecule has 17 heavy (non-hydrogen) atoms. The van der Waals surface area contributed by atoms with E-state index in [4.69, 9.17) is 0 Å². The zero-order valence-electron chi connectivity index (χ0n) is 10.9. The summed E-state index contributed by atoms with van der Waals surface area (Å²) in [6.45, 7) is 7.24. The van der Waals surface area contributed by atoms with Crippen molar-refractivity contribution in [3.05, 3.63) is 28.8 Å². The molecule has 0 aliphatic heterocycles. The van der Waals surface area contributed by atoms with Crippen molar-refractivity contribution in [3.63, 3.8) is 0 Å². The number of nitrogens with one attached hydrogen (secondary N) is 1. The highest BCUT2D eigenvalue weighted by atomic mass is 32.2. The third-order valence-electron chi connectivity index (χ3n) is 2.88. The molecular weight excluding hydrogens is 234 g/mol. The van der Waals surface area contributed by atoms with Crippen LogP contribution < -0.4 is 5.32 Å². The minimum atomic E-state index is -0.783. The number of benzene rings is 1. The zero-order chi connectivity index (χ0) is 13.0. The van der Waals surface area contributed by atoms with Crippen LogP contribution in [0.3, 0.4) is 0 Å². The topological polar surface area (TPSA) is 49.3 Å². The SMILES string of the molecule is Cc1cc(CNCC(C)S(C)=O)cc(C)c1O. The summed E-state index contributed by atoms with van der Waals surface area (Å²) in [6, 6.07) is 3.95. The molecule has 0 saturated heterocycles. The second-order valence-electron chi connectivity index (χ2n) is 4.52. The van der Waals surface area contributed by atoms with E-state index in [2.05, 4.69) is 5.32 Å². The lowest BCUT2D eigenvalue weighted by Crippen LogP contribution is -2.27. The third kappa shape index (κ3) is 4.13. The summed E-state index contributed by atoms with van der Waals surface area (Å²) in [7, 11) is -0.783. The molecule has 1 rings (SSSR count). The van der Waals surface area contributed by atoms with Gasteiger partial charge in [-0.2, -0.15) is 0 Å². The van der Waals surface area contributed by atoms with Crippen molar-refractivity contribution in [3.8, 4) is 5.75 Å². The van der Waals surface area contributed by atoms with Gasteiger partial charge in [-0.1, -0.05) is 12.1 Å². The lowest BCUT2D eigenvalue weighted by atomic mass is 10.1. The van der Waals surface area contributed by atoms with E-state index in [1.54, 1.807) is 6.26 Å². The van der Waals surface area contributed by atoms with Gasteiger partial charge < -0.3 is 10.4 Å². The highest BCUT2D eigenvalue weighted by Crippen LogP contribution is 2.22. The molecule has 0 aliphatic carbocycles. The fraction of sp³-hybridized carbons (Fsp3) is 0.538. The Labute approximate surface area is 106 Å². The van der Waals surface area contributed by atoms with Crippen LogP contribution in [-0.4, -0.2) is 27.4 Å². The third-order valence-corrected chi connectivity index (χ3v) is 4.18. The number of rotatable bonds is 5. The predicted molar refractivity (Wildman–Crippen MR) is 72.8 cm³/mol. The van der Waals surface area contributed by atoms with Crippen LogP contribution >= 0.6 is 0 Å². The maximum absolute atomic E-state index is 11.2. The standard InChI is InChI=1S/C13H21NO2S/c1-9-5-12(6-10(2)13(9)15)8-14-7-11(3)17(4)16/h5-6,11,14-15H,7-8H2,1-4H3. The summed E-state index contributed by atoms with van der Waals surface area (Å²) < 4.78 is 11.2. The Morgan fingerprint density at radius 2 is 1.88 bits per heavy atom. The van der Waals surface area contributed by atoms with E-state index in [1.165, 1.54) is 0 Å². The second-order valence-corrected chi connectivity index (χ2v) is 6.32. The Kier molecular flexibility index (Phi) is 5.15. The van der Waals surface area contributed by atoms with Gasteiger partial charge in [-0.05, 0) is 37.5 Å². The first-order valence-corrected chi connectivity index (χ1v) is 7.36. The lowest BCUT2D eigenvalue weighted by molar-refractivity contribution is 0.466. The van der Waals surface area contributed by atoms with Crippen LogP contribution in [0, 0.1) is 13.8 Å². The summed E-state index contributed by atoms with van der Waals surface area (Å²) in [4.78, 5) is 0. The molecule has 0 bridgehead atoms. The minimum absolute atomic E-state index is 0.161. The maximum atomic E-state index is 11.2. The van der Waals surface area contributed by atoms with Gasteiger partial charge in [0.2, 0.25) is 0 Å². The maximum Gasteiger partial charge on any atom is 0.121 e. The van der Waals surface area contributed by atoms with Crippen LogP contribution in [0.2, 0.25) is 0 Å². The molecular formula is C13H21NO2S. The molecule has 0 fully saturated rings. The molecule has 96 valence electrons. The summed E-state index contributed by atoms with van der Waals surface area (Å²) in [5.41, 5.74) is 2.94. The molecule has 4 heteroatoms. The number of hydrogen-bond acceptors (Lipinski definition) is 3. The van der Waals surface area contributed by atoms with Crippen LogP contribution in [0.5, 0.6) is 5.75 Å². The normalized spacial score (nSPS) is 14.6. The molecule has 0 radical (unpaired) electrons. The van der Waals surface area contributed by atoms with Crippen molar-refractivity contribution in [2.75, 3.05) is 12.8 Å². The molecule has 0 saturated carbocycles. The summed E-state index contributed by atoms with van der Waals surface area (Å²) >= 11 is 0. The van der Waals surface area contributed by atoms with Gasteiger partial charge >= 0.3 is 0 Å². The van der Waals surface area contributed by atoms with Crippen molar-refractivity contribution in [1.29, 1.82) is 0 Å². The molecule has 0 aromatic heterocycles. The predicted octanol–water partition coefficient (Wildman–Crippen LogP) is 1.87. The van der Waals surface area contributed by atoms with E-state index in [0.29, 0.717) is 5.75 Å². The van der Waals surface area contributed by atoms with Gasteiger partial charge in [0, 0.05) is 35.4 Å². The van der Waals surface area contributed by atoms with E-state index >= 15 is 0 Å². The van der Waals surface area contributed by atoms with Gasteiger partial charge in [-0.25, -0.2) is 0 Å². The molecule has 0 spiro atoms. The van der Waals surface area contributed by atoms with Crippen LogP contribution in [-0.2, 0) is 17.3 Å². The van der Waals surface area contributed by atoms with Crippen LogP contribution in [0.25, 0.3) is 0 Å². The first-order valence-electron chi connectivity index (χ1n) is 5.74. The molecule has 0 heterocycles. The zero-order valence-corrected chi connectivity index (χ0v) is 11.7. The van der Waals surface area contributed by atoms with Gasteiger partial charge in [-0.3, -0.25) is 4.21 Å². The summed E-state index contributed by atoms with van der Waals surface area (Å²) in [5.74, 6) is 0.372. The van der Waals surface area contributed by atoms with Gasteiger partial charge in [0.05, 0.1) is 0 Å². The van der Waals surface area contributed by atoms with E-state index in [1.807, 2.05) is 32.9 Å². The number of aromatic hydroxyl groups is 1. The van der Waals surface area contributed by atoms with Crippen LogP contribution in [0.15, 0.2) is 12.1 Å². The monoisotopic (exact) mass is 255 g/mol. The fourth-order valence-corrected chi connectivity index (χ4v) is 2.04. The van der Waals surface area contributed by atoms with E-state index in [9.17, 15) is 9.32 Å². The van der Waals surface area contributed by atoms with E-state index < -0.39 is 10.8 Å². The van der Waals surface area contributed by atoms with Gasteiger partial charge in [0.15, 0.2) is 0 Å². The van der Waals surface area contributed by atoms with Crippen molar-refractivity contribution in [1.82, 2.24) is 5.32 Å². The molecule has 2 atom stereocenters. The molecule has 1 aromatic carbocycles.